The molecule has 0 aromatic carbocycles. The van der Waals surface area contributed by atoms with Gasteiger partial charge in [0.1, 0.15) is 6.10 Å². The van der Waals surface area contributed by atoms with Crippen molar-refractivity contribution in [2.75, 3.05) is 6.61 Å². The first-order chi connectivity index (χ1) is 11.8. The Morgan fingerprint density at radius 3 is 2.04 bits per heavy atom. The third-order valence-electron chi connectivity index (χ3n) is 5.53. The molecule has 0 radical (unpaired) electrons. The van der Waals surface area contributed by atoms with Gasteiger partial charge in [0.05, 0.1) is 6.10 Å². The van der Waals surface area contributed by atoms with Gasteiger partial charge < -0.3 is 9.47 Å². The van der Waals surface area contributed by atoms with Crippen LogP contribution in [0.2, 0.25) is 0 Å². The number of carbonyl (C=O) groups excluding carboxylic acids is 1. The molecule has 1 aliphatic heterocycles. The van der Waals surface area contributed by atoms with Crippen molar-refractivity contribution in [3.05, 3.63) is 0 Å². The first-order valence-corrected chi connectivity index (χ1v) is 10.7. The van der Waals surface area contributed by atoms with Crippen molar-refractivity contribution in [2.45, 2.75) is 121 Å². The van der Waals surface area contributed by atoms with Gasteiger partial charge in [-0.1, -0.05) is 57.8 Å². The zero-order valence-electron chi connectivity index (χ0n) is 15.6. The Kier molecular flexibility index (Phi) is 10.5. The summed E-state index contributed by atoms with van der Waals surface area (Å²) >= 11 is 0. The maximum atomic E-state index is 11.5. The predicted octanol–water partition coefficient (Wildman–Crippen LogP) is 5.94. The average molecular weight is 339 g/mol. The third-order valence-corrected chi connectivity index (χ3v) is 5.53. The highest BCUT2D eigenvalue weighted by Crippen LogP contribution is 2.21. The molecule has 0 N–H and O–H groups in total. The fourth-order valence-corrected chi connectivity index (χ4v) is 4.00. The van der Waals surface area contributed by atoms with Gasteiger partial charge in [-0.3, -0.25) is 4.79 Å². The van der Waals surface area contributed by atoms with Gasteiger partial charge in [0, 0.05) is 13.0 Å². The van der Waals surface area contributed by atoms with Gasteiger partial charge in [-0.25, -0.2) is 0 Å². The van der Waals surface area contributed by atoms with Crippen molar-refractivity contribution >= 4 is 5.97 Å². The van der Waals surface area contributed by atoms with E-state index in [1.165, 1.54) is 70.6 Å². The molecule has 1 heterocycles. The maximum absolute atomic E-state index is 11.5. The van der Waals surface area contributed by atoms with Gasteiger partial charge in [-0.15, -0.1) is 0 Å². The highest BCUT2D eigenvalue weighted by atomic mass is 16.5. The summed E-state index contributed by atoms with van der Waals surface area (Å²) < 4.78 is 11.7. The van der Waals surface area contributed by atoms with Crippen LogP contribution in [0.15, 0.2) is 0 Å². The molecular weight excluding hydrogens is 300 g/mol. The summed E-state index contributed by atoms with van der Waals surface area (Å²) in [6.07, 6.45) is 21.3. The Hall–Kier alpha value is -0.570. The number of ether oxygens (including phenoxy) is 2. The molecule has 0 spiro atoms. The van der Waals surface area contributed by atoms with Crippen LogP contribution in [-0.2, 0) is 14.3 Å². The minimum atomic E-state index is -0.00210. The van der Waals surface area contributed by atoms with Gasteiger partial charge in [0.25, 0.3) is 0 Å². The summed E-state index contributed by atoms with van der Waals surface area (Å²) in [6.45, 7) is 0.832. The molecule has 0 aromatic rings. The molecule has 3 heteroatoms. The van der Waals surface area contributed by atoms with Gasteiger partial charge in [-0.05, 0) is 44.9 Å². The van der Waals surface area contributed by atoms with Crippen LogP contribution in [0.1, 0.15) is 109 Å². The van der Waals surface area contributed by atoms with E-state index in [0.29, 0.717) is 12.5 Å². The molecule has 0 bridgehead atoms. The Labute approximate surface area is 148 Å². The molecular formula is C21H38O3. The van der Waals surface area contributed by atoms with E-state index in [2.05, 4.69) is 0 Å². The zero-order valence-corrected chi connectivity index (χ0v) is 15.6. The standard InChI is InChI=1S/C21H38O3/c22-21-17-11-10-15-20(24-21)16-12-18-23-19-13-8-6-4-2-1-3-5-7-9-14-19/h19-20H,1-18H2. The molecule has 2 aliphatic rings. The lowest BCUT2D eigenvalue weighted by Gasteiger charge is -2.20. The van der Waals surface area contributed by atoms with Crippen LogP contribution in [0, 0.1) is 0 Å². The fraction of sp³-hybridized carbons (Fsp3) is 0.952. The molecule has 2 rings (SSSR count). The van der Waals surface area contributed by atoms with Crippen molar-refractivity contribution in [1.82, 2.24) is 0 Å². The lowest BCUT2D eigenvalue weighted by Crippen LogP contribution is -2.18. The van der Waals surface area contributed by atoms with Gasteiger partial charge in [0.15, 0.2) is 0 Å². The predicted molar refractivity (Wildman–Crippen MR) is 98.1 cm³/mol. The fourth-order valence-electron chi connectivity index (χ4n) is 4.00. The average Bonchev–Trinajstić information content (AvgIpc) is 2.77. The second-order valence-electron chi connectivity index (χ2n) is 7.75. The molecule has 1 unspecified atom stereocenters. The van der Waals surface area contributed by atoms with Gasteiger partial charge >= 0.3 is 5.97 Å². The van der Waals surface area contributed by atoms with Crippen LogP contribution >= 0.6 is 0 Å². The lowest BCUT2D eigenvalue weighted by molar-refractivity contribution is -0.148. The Balaban J connectivity index is 1.60. The molecule has 0 aromatic heterocycles. The van der Waals surface area contributed by atoms with E-state index >= 15 is 0 Å². The Bertz CT molecular complexity index is 317. The Morgan fingerprint density at radius 2 is 1.38 bits per heavy atom. The topological polar surface area (TPSA) is 35.5 Å². The van der Waals surface area contributed by atoms with E-state index in [1.54, 1.807) is 0 Å². The number of hydrogen-bond donors (Lipinski definition) is 0. The van der Waals surface area contributed by atoms with Crippen molar-refractivity contribution in [2.24, 2.45) is 0 Å². The molecule has 24 heavy (non-hydrogen) atoms. The van der Waals surface area contributed by atoms with E-state index < -0.39 is 0 Å². The minimum absolute atomic E-state index is 0.00210. The van der Waals surface area contributed by atoms with Crippen LogP contribution < -0.4 is 0 Å². The summed E-state index contributed by atoms with van der Waals surface area (Å²) in [5.41, 5.74) is 0. The quantitative estimate of drug-likeness (QED) is 0.459. The van der Waals surface area contributed by atoms with E-state index in [0.717, 1.165) is 38.7 Å². The van der Waals surface area contributed by atoms with E-state index in [4.69, 9.17) is 9.47 Å². The molecule has 0 amide bonds. The van der Waals surface area contributed by atoms with E-state index in [-0.39, 0.29) is 12.1 Å². The van der Waals surface area contributed by atoms with Gasteiger partial charge in [0.2, 0.25) is 0 Å². The number of hydrogen-bond acceptors (Lipinski definition) is 3. The second-order valence-corrected chi connectivity index (χ2v) is 7.75. The monoisotopic (exact) mass is 338 g/mol. The van der Waals surface area contributed by atoms with Crippen molar-refractivity contribution in [3.8, 4) is 0 Å². The zero-order chi connectivity index (χ0) is 16.9. The van der Waals surface area contributed by atoms with Crippen LogP contribution in [0.3, 0.4) is 0 Å². The molecule has 1 atom stereocenters. The van der Waals surface area contributed by atoms with E-state index in [1.807, 2.05) is 0 Å². The van der Waals surface area contributed by atoms with Crippen LogP contribution in [0.5, 0.6) is 0 Å². The highest BCUT2D eigenvalue weighted by Gasteiger charge is 2.18. The summed E-state index contributed by atoms with van der Waals surface area (Å²) in [4.78, 5) is 11.5. The molecule has 3 nitrogen and oxygen atoms in total. The van der Waals surface area contributed by atoms with Crippen molar-refractivity contribution in [1.29, 1.82) is 0 Å². The number of esters is 1. The largest absolute Gasteiger partial charge is 0.462 e. The number of carbonyl (C=O) groups is 1. The number of cyclic esters (lactones) is 1. The van der Waals surface area contributed by atoms with Crippen molar-refractivity contribution in [3.63, 3.8) is 0 Å². The first kappa shape index (κ1) is 19.8. The lowest BCUT2D eigenvalue weighted by atomic mass is 9.99. The summed E-state index contributed by atoms with van der Waals surface area (Å²) in [5, 5.41) is 0. The molecule has 2 fully saturated rings. The van der Waals surface area contributed by atoms with Crippen LogP contribution in [-0.4, -0.2) is 24.8 Å². The maximum Gasteiger partial charge on any atom is 0.306 e. The van der Waals surface area contributed by atoms with E-state index in [9.17, 15) is 4.79 Å². The normalized spacial score (nSPS) is 26.0. The summed E-state index contributed by atoms with van der Waals surface area (Å²) in [6, 6.07) is 0. The highest BCUT2D eigenvalue weighted by molar-refractivity contribution is 5.69. The van der Waals surface area contributed by atoms with Crippen molar-refractivity contribution < 1.29 is 14.3 Å². The minimum Gasteiger partial charge on any atom is -0.462 e. The summed E-state index contributed by atoms with van der Waals surface area (Å²) in [7, 11) is 0. The Morgan fingerprint density at radius 1 is 0.792 bits per heavy atom. The van der Waals surface area contributed by atoms with Crippen LogP contribution in [0.4, 0.5) is 0 Å². The summed E-state index contributed by atoms with van der Waals surface area (Å²) in [5.74, 6) is -0.00210. The van der Waals surface area contributed by atoms with Crippen LogP contribution in [0.25, 0.3) is 0 Å². The third kappa shape index (κ3) is 9.05. The first-order valence-electron chi connectivity index (χ1n) is 10.7. The SMILES string of the molecule is O=C1CCCCC(CCCOC2CCCCCCCCCCC2)O1. The molecule has 1 aliphatic carbocycles. The molecule has 140 valence electrons. The molecule has 1 saturated carbocycles. The second kappa shape index (κ2) is 12.7. The molecule has 1 saturated heterocycles. The smallest absolute Gasteiger partial charge is 0.306 e. The number of rotatable bonds is 5. The van der Waals surface area contributed by atoms with Gasteiger partial charge in [-0.2, -0.15) is 0 Å².